The molecule has 0 unspecified atom stereocenters. The molecule has 2 atom stereocenters. The van der Waals surface area contributed by atoms with Crippen molar-refractivity contribution < 1.29 is 18.9 Å². The van der Waals surface area contributed by atoms with E-state index in [0.717, 1.165) is 65.4 Å². The molecule has 0 aromatic carbocycles. The van der Waals surface area contributed by atoms with Crippen molar-refractivity contribution in [3.8, 4) is 0 Å². The van der Waals surface area contributed by atoms with Crippen molar-refractivity contribution in [1.82, 2.24) is 10.6 Å². The second kappa shape index (κ2) is 11.3. The van der Waals surface area contributed by atoms with E-state index in [2.05, 4.69) is 10.6 Å². The van der Waals surface area contributed by atoms with Gasteiger partial charge in [0.2, 0.25) is 0 Å². The van der Waals surface area contributed by atoms with Crippen LogP contribution < -0.4 is 10.6 Å². The molecule has 1 aliphatic heterocycles. The van der Waals surface area contributed by atoms with Gasteiger partial charge in [0.1, 0.15) is 0 Å². The first kappa shape index (κ1) is 17.1. The molecule has 1 saturated heterocycles. The largest absolute Gasteiger partial charge is 0.378 e. The SMILES string of the molecule is C1C[C@@H]2OCCNCCOCCOCCNCCO[C@@H]2C1. The predicted octanol–water partition coefficient (Wildman–Crippen LogP) is 0.167. The average molecular weight is 302 g/mol. The number of fused-ring (bicyclic) bond motifs is 1. The molecule has 1 heterocycles. The van der Waals surface area contributed by atoms with E-state index in [9.17, 15) is 0 Å². The molecule has 0 spiro atoms. The molecule has 2 fully saturated rings. The summed E-state index contributed by atoms with van der Waals surface area (Å²) in [4.78, 5) is 0. The highest BCUT2D eigenvalue weighted by Crippen LogP contribution is 2.24. The van der Waals surface area contributed by atoms with Crippen LogP contribution in [0.2, 0.25) is 0 Å². The zero-order valence-electron chi connectivity index (χ0n) is 13.0. The number of ether oxygens (including phenoxy) is 4. The third-order valence-corrected chi connectivity index (χ3v) is 3.83. The number of nitrogens with one attached hydrogen (secondary N) is 2. The van der Waals surface area contributed by atoms with Crippen molar-refractivity contribution in [2.45, 2.75) is 31.5 Å². The normalized spacial score (nSPS) is 32.0. The van der Waals surface area contributed by atoms with Gasteiger partial charge in [0, 0.05) is 26.2 Å². The lowest BCUT2D eigenvalue weighted by Gasteiger charge is -2.21. The molecule has 0 amide bonds. The summed E-state index contributed by atoms with van der Waals surface area (Å²) in [6, 6.07) is 0. The first-order valence-corrected chi connectivity index (χ1v) is 8.27. The highest BCUT2D eigenvalue weighted by Gasteiger charge is 2.28. The summed E-state index contributed by atoms with van der Waals surface area (Å²) >= 11 is 0. The van der Waals surface area contributed by atoms with Gasteiger partial charge in [-0.25, -0.2) is 0 Å². The standard InChI is InChI=1S/C15H30N2O4/c1-2-14-15(3-1)21-11-7-17-5-9-19-13-12-18-8-4-16-6-10-20-14/h14-17H,1-13H2/t14-,15+. The van der Waals surface area contributed by atoms with E-state index in [4.69, 9.17) is 18.9 Å². The molecule has 0 aromatic rings. The van der Waals surface area contributed by atoms with Gasteiger partial charge in [-0.2, -0.15) is 0 Å². The fourth-order valence-corrected chi connectivity index (χ4v) is 2.70. The Morgan fingerprint density at radius 3 is 1.57 bits per heavy atom. The van der Waals surface area contributed by atoms with E-state index >= 15 is 0 Å². The Hall–Kier alpha value is -0.240. The van der Waals surface area contributed by atoms with E-state index in [-0.39, 0.29) is 12.2 Å². The monoisotopic (exact) mass is 302 g/mol. The minimum absolute atomic E-state index is 0.269. The maximum atomic E-state index is 5.94. The quantitative estimate of drug-likeness (QED) is 0.665. The van der Waals surface area contributed by atoms with Crippen molar-refractivity contribution in [1.29, 1.82) is 0 Å². The van der Waals surface area contributed by atoms with Crippen LogP contribution in [-0.4, -0.2) is 78.0 Å². The Balaban J connectivity index is 1.65. The zero-order valence-corrected chi connectivity index (χ0v) is 13.0. The summed E-state index contributed by atoms with van der Waals surface area (Å²) in [6.45, 7) is 7.68. The Kier molecular flexibility index (Phi) is 9.25. The lowest BCUT2D eigenvalue weighted by atomic mass is 10.2. The first-order chi connectivity index (χ1) is 10.5. The molecular weight excluding hydrogens is 272 g/mol. The summed E-state index contributed by atoms with van der Waals surface area (Å²) in [5.74, 6) is 0. The topological polar surface area (TPSA) is 61.0 Å². The van der Waals surface area contributed by atoms with E-state index in [1.807, 2.05) is 0 Å². The van der Waals surface area contributed by atoms with E-state index in [1.165, 1.54) is 6.42 Å². The van der Waals surface area contributed by atoms with Crippen LogP contribution in [0, 0.1) is 0 Å². The summed E-state index contributed by atoms with van der Waals surface area (Å²) in [7, 11) is 0. The van der Waals surface area contributed by atoms with E-state index in [0.29, 0.717) is 13.2 Å². The maximum Gasteiger partial charge on any atom is 0.0837 e. The molecule has 2 aliphatic rings. The second-order valence-electron chi connectivity index (χ2n) is 5.47. The highest BCUT2D eigenvalue weighted by atomic mass is 16.5. The molecule has 2 rings (SSSR count). The summed E-state index contributed by atoms with van der Waals surface area (Å²) in [5, 5.41) is 6.66. The summed E-state index contributed by atoms with van der Waals surface area (Å²) in [6.07, 6.45) is 3.98. The average Bonchev–Trinajstić information content (AvgIpc) is 2.93. The lowest BCUT2D eigenvalue weighted by molar-refractivity contribution is -0.0546. The highest BCUT2D eigenvalue weighted by molar-refractivity contribution is 4.79. The molecule has 0 aromatic heterocycles. The third kappa shape index (κ3) is 7.54. The van der Waals surface area contributed by atoms with Crippen LogP contribution in [0.15, 0.2) is 0 Å². The van der Waals surface area contributed by atoms with Crippen molar-refractivity contribution in [2.24, 2.45) is 0 Å². The smallest absolute Gasteiger partial charge is 0.0837 e. The van der Waals surface area contributed by atoms with Crippen LogP contribution >= 0.6 is 0 Å². The van der Waals surface area contributed by atoms with Crippen LogP contribution in [0.4, 0.5) is 0 Å². The van der Waals surface area contributed by atoms with Gasteiger partial charge in [-0.3, -0.25) is 0 Å². The van der Waals surface area contributed by atoms with E-state index in [1.54, 1.807) is 0 Å². The van der Waals surface area contributed by atoms with Gasteiger partial charge < -0.3 is 29.6 Å². The van der Waals surface area contributed by atoms with Gasteiger partial charge in [-0.05, 0) is 19.3 Å². The fraction of sp³-hybridized carbons (Fsp3) is 1.00. The Labute approximate surface area is 127 Å². The molecule has 1 aliphatic carbocycles. The fourth-order valence-electron chi connectivity index (χ4n) is 2.70. The third-order valence-electron chi connectivity index (χ3n) is 3.83. The zero-order chi connectivity index (χ0) is 14.6. The van der Waals surface area contributed by atoms with Crippen LogP contribution in [0.1, 0.15) is 19.3 Å². The van der Waals surface area contributed by atoms with Crippen molar-refractivity contribution >= 4 is 0 Å². The number of hydrogen-bond acceptors (Lipinski definition) is 6. The molecule has 2 N–H and O–H groups in total. The molecule has 1 saturated carbocycles. The van der Waals surface area contributed by atoms with Gasteiger partial charge in [0.25, 0.3) is 0 Å². The van der Waals surface area contributed by atoms with Gasteiger partial charge in [0.15, 0.2) is 0 Å². The van der Waals surface area contributed by atoms with Gasteiger partial charge >= 0.3 is 0 Å². The minimum Gasteiger partial charge on any atom is -0.378 e. The molecule has 124 valence electrons. The maximum absolute atomic E-state index is 5.94. The summed E-state index contributed by atoms with van der Waals surface area (Å²) in [5.41, 5.74) is 0. The Bertz CT molecular complexity index is 232. The second-order valence-corrected chi connectivity index (χ2v) is 5.47. The molecule has 0 radical (unpaired) electrons. The van der Waals surface area contributed by atoms with Crippen LogP contribution in [-0.2, 0) is 18.9 Å². The van der Waals surface area contributed by atoms with Crippen LogP contribution in [0.25, 0.3) is 0 Å². The molecular formula is C15H30N2O4. The lowest BCUT2D eigenvalue weighted by Crippen LogP contribution is -2.33. The van der Waals surface area contributed by atoms with Gasteiger partial charge in [-0.1, -0.05) is 0 Å². The van der Waals surface area contributed by atoms with Crippen molar-refractivity contribution in [2.75, 3.05) is 65.8 Å². The van der Waals surface area contributed by atoms with Crippen LogP contribution in [0.3, 0.4) is 0 Å². The number of rotatable bonds is 0. The predicted molar refractivity (Wildman–Crippen MR) is 80.7 cm³/mol. The minimum atomic E-state index is 0.269. The Morgan fingerprint density at radius 2 is 1.05 bits per heavy atom. The van der Waals surface area contributed by atoms with Crippen molar-refractivity contribution in [3.05, 3.63) is 0 Å². The van der Waals surface area contributed by atoms with Crippen molar-refractivity contribution in [3.63, 3.8) is 0 Å². The van der Waals surface area contributed by atoms with Gasteiger partial charge in [-0.15, -0.1) is 0 Å². The van der Waals surface area contributed by atoms with Gasteiger partial charge in [0.05, 0.1) is 51.8 Å². The van der Waals surface area contributed by atoms with Crippen LogP contribution in [0.5, 0.6) is 0 Å². The first-order valence-electron chi connectivity index (χ1n) is 8.27. The summed E-state index contributed by atoms with van der Waals surface area (Å²) < 4.78 is 22.8. The molecule has 0 bridgehead atoms. The molecule has 6 nitrogen and oxygen atoms in total. The molecule has 21 heavy (non-hydrogen) atoms. The molecule has 6 heteroatoms. The Morgan fingerprint density at radius 1 is 0.571 bits per heavy atom. The van der Waals surface area contributed by atoms with E-state index < -0.39 is 0 Å². The number of hydrogen-bond donors (Lipinski definition) is 2.